The first-order valence-electron chi connectivity index (χ1n) is 7.34. The minimum absolute atomic E-state index is 0.147. The van der Waals surface area contributed by atoms with Gasteiger partial charge in [-0.1, -0.05) is 45.8 Å². The molecule has 0 aromatic rings. The van der Waals surface area contributed by atoms with Gasteiger partial charge in [0.05, 0.1) is 13.2 Å². The largest absolute Gasteiger partial charge is 0.463 e. The molecule has 5 heteroatoms. The van der Waals surface area contributed by atoms with Gasteiger partial charge in [0.1, 0.15) is 12.7 Å². The monoisotopic (exact) mass is 298 g/mol. The zero-order valence-corrected chi connectivity index (χ0v) is 12.8. The summed E-state index contributed by atoms with van der Waals surface area (Å²) in [6.45, 7) is 10.4. The summed E-state index contributed by atoms with van der Waals surface area (Å²) in [6, 6.07) is 0. The van der Waals surface area contributed by atoms with E-state index in [1.807, 2.05) is 0 Å². The van der Waals surface area contributed by atoms with E-state index in [0.29, 0.717) is 19.8 Å². The first-order valence-corrected chi connectivity index (χ1v) is 7.34. The van der Waals surface area contributed by atoms with Crippen molar-refractivity contribution in [3.8, 4) is 0 Å². The van der Waals surface area contributed by atoms with Crippen molar-refractivity contribution in [2.45, 2.75) is 45.1 Å². The number of hydrogen-bond acceptors (Lipinski definition) is 5. The summed E-state index contributed by atoms with van der Waals surface area (Å²) in [6.07, 6.45) is 8.37. The molecule has 1 fully saturated rings. The van der Waals surface area contributed by atoms with Gasteiger partial charge >= 0.3 is 11.9 Å². The van der Waals surface area contributed by atoms with Crippen molar-refractivity contribution < 1.29 is 23.8 Å². The van der Waals surface area contributed by atoms with E-state index in [-0.39, 0.29) is 18.0 Å². The van der Waals surface area contributed by atoms with E-state index in [9.17, 15) is 9.59 Å². The van der Waals surface area contributed by atoms with Crippen LogP contribution in [0.25, 0.3) is 0 Å². The third-order valence-electron chi connectivity index (χ3n) is 2.64. The third kappa shape index (κ3) is 14.6. The maximum Gasteiger partial charge on any atom is 0.330 e. The lowest BCUT2D eigenvalue weighted by Crippen LogP contribution is -2.06. The average molecular weight is 298 g/mol. The fourth-order valence-corrected chi connectivity index (χ4v) is 1.34. The normalized spacial score (nSPS) is 15.2. The summed E-state index contributed by atoms with van der Waals surface area (Å²) in [7, 11) is 0. The van der Waals surface area contributed by atoms with Gasteiger partial charge in [0.15, 0.2) is 0 Å². The van der Waals surface area contributed by atoms with Gasteiger partial charge in [-0.25, -0.2) is 9.59 Å². The quantitative estimate of drug-likeness (QED) is 0.268. The molecule has 0 bridgehead atoms. The van der Waals surface area contributed by atoms with Crippen LogP contribution in [-0.4, -0.2) is 37.9 Å². The lowest BCUT2D eigenvalue weighted by Gasteiger charge is -2.00. The maximum absolute atomic E-state index is 10.6. The van der Waals surface area contributed by atoms with E-state index in [1.54, 1.807) is 0 Å². The summed E-state index contributed by atoms with van der Waals surface area (Å²) in [5.41, 5.74) is 0. The van der Waals surface area contributed by atoms with Gasteiger partial charge in [-0.2, -0.15) is 0 Å². The van der Waals surface area contributed by atoms with Gasteiger partial charge in [0, 0.05) is 12.2 Å². The molecule has 0 aromatic carbocycles. The van der Waals surface area contributed by atoms with Crippen molar-refractivity contribution in [2.75, 3.05) is 19.8 Å². The zero-order chi connectivity index (χ0) is 15.9. The number of epoxide rings is 1. The van der Waals surface area contributed by atoms with E-state index in [1.165, 1.54) is 25.3 Å². The Balaban J connectivity index is 0.000000394. The number of rotatable bonds is 10. The van der Waals surface area contributed by atoms with E-state index in [4.69, 9.17) is 9.47 Å². The van der Waals surface area contributed by atoms with Crippen molar-refractivity contribution in [1.29, 1.82) is 0 Å². The van der Waals surface area contributed by atoms with Gasteiger partial charge in [-0.15, -0.1) is 0 Å². The molecule has 0 spiro atoms. The van der Waals surface area contributed by atoms with Crippen LogP contribution < -0.4 is 0 Å². The van der Waals surface area contributed by atoms with Crippen molar-refractivity contribution >= 4 is 11.9 Å². The Bertz CT molecular complexity index is 321. The fourth-order valence-electron chi connectivity index (χ4n) is 1.34. The van der Waals surface area contributed by atoms with E-state index < -0.39 is 0 Å². The number of unbranched alkanes of at least 4 members (excludes halogenated alkanes) is 4. The van der Waals surface area contributed by atoms with E-state index >= 15 is 0 Å². The predicted molar refractivity (Wildman–Crippen MR) is 80.8 cm³/mol. The maximum atomic E-state index is 10.6. The minimum atomic E-state index is -0.384. The topological polar surface area (TPSA) is 65.1 Å². The van der Waals surface area contributed by atoms with Crippen LogP contribution in [0.15, 0.2) is 25.3 Å². The molecule has 0 N–H and O–H groups in total. The highest BCUT2D eigenvalue weighted by Crippen LogP contribution is 2.08. The second kappa shape index (κ2) is 13.4. The molecule has 0 radical (unpaired) electrons. The van der Waals surface area contributed by atoms with Crippen LogP contribution in [0.4, 0.5) is 0 Å². The van der Waals surface area contributed by atoms with E-state index in [2.05, 4.69) is 24.8 Å². The van der Waals surface area contributed by atoms with Gasteiger partial charge in [-0.05, 0) is 6.42 Å². The number of ether oxygens (including phenoxy) is 3. The molecule has 1 rings (SSSR count). The Morgan fingerprint density at radius 1 is 1.10 bits per heavy atom. The lowest BCUT2D eigenvalue weighted by atomic mass is 10.2. The number of carbonyl (C=O) groups excluding carboxylic acids is 2. The molecule has 1 saturated heterocycles. The van der Waals surface area contributed by atoms with E-state index in [0.717, 1.165) is 18.9 Å². The fraction of sp³-hybridized carbons (Fsp3) is 0.625. The highest BCUT2D eigenvalue weighted by molar-refractivity contribution is 5.81. The number of hydrogen-bond donors (Lipinski definition) is 0. The van der Waals surface area contributed by atoms with Crippen LogP contribution in [0.3, 0.4) is 0 Å². The van der Waals surface area contributed by atoms with Crippen LogP contribution >= 0.6 is 0 Å². The van der Waals surface area contributed by atoms with Crippen LogP contribution in [-0.2, 0) is 23.8 Å². The third-order valence-corrected chi connectivity index (χ3v) is 2.64. The summed E-state index contributed by atoms with van der Waals surface area (Å²) in [4.78, 5) is 20.9. The first-order chi connectivity index (χ1) is 10.1. The molecule has 0 aromatic heterocycles. The molecule has 1 atom stereocenters. The molecule has 1 unspecified atom stereocenters. The van der Waals surface area contributed by atoms with Crippen molar-refractivity contribution in [2.24, 2.45) is 0 Å². The molecule has 21 heavy (non-hydrogen) atoms. The SMILES string of the molecule is C=CC(=O)OCC1CO1.C=CC(=O)OCCCCCCC. The Hall–Kier alpha value is -1.62. The Morgan fingerprint density at radius 2 is 1.67 bits per heavy atom. The molecule has 120 valence electrons. The summed E-state index contributed by atoms with van der Waals surface area (Å²) in [5, 5.41) is 0. The second-order valence-corrected chi connectivity index (χ2v) is 4.58. The molecule has 5 nitrogen and oxygen atoms in total. The van der Waals surface area contributed by atoms with Crippen LogP contribution in [0.1, 0.15) is 39.0 Å². The molecule has 1 aliphatic rings. The molecular weight excluding hydrogens is 272 g/mol. The number of carbonyl (C=O) groups is 2. The second-order valence-electron chi connectivity index (χ2n) is 4.58. The van der Waals surface area contributed by atoms with Gasteiger partial charge in [-0.3, -0.25) is 0 Å². The van der Waals surface area contributed by atoms with Crippen molar-refractivity contribution in [1.82, 2.24) is 0 Å². The summed E-state index contributed by atoms with van der Waals surface area (Å²) in [5.74, 6) is -0.698. The molecule has 0 saturated carbocycles. The Kier molecular flexibility index (Phi) is 12.3. The Morgan fingerprint density at radius 3 is 2.19 bits per heavy atom. The lowest BCUT2D eigenvalue weighted by molar-refractivity contribution is -0.138. The molecule has 1 heterocycles. The smallest absolute Gasteiger partial charge is 0.330 e. The number of esters is 2. The van der Waals surface area contributed by atoms with Gasteiger partial charge in [0.25, 0.3) is 0 Å². The van der Waals surface area contributed by atoms with Crippen molar-refractivity contribution in [3.05, 3.63) is 25.3 Å². The minimum Gasteiger partial charge on any atom is -0.463 e. The Labute approximate surface area is 126 Å². The highest BCUT2D eigenvalue weighted by atomic mass is 16.6. The predicted octanol–water partition coefficient (Wildman–Crippen LogP) is 2.80. The standard InChI is InChI=1S/C10H18O2.C6H8O3/c1-3-5-6-7-8-9-12-10(11)4-2;1-2-6(7)9-4-5-3-8-5/h4H,2-3,5-9H2,1H3;2,5H,1,3-4H2. The first kappa shape index (κ1) is 19.4. The van der Waals surface area contributed by atoms with Crippen LogP contribution in [0, 0.1) is 0 Å². The summed E-state index contributed by atoms with van der Waals surface area (Å²) < 4.78 is 14.2. The van der Waals surface area contributed by atoms with Gasteiger partial charge in [0.2, 0.25) is 0 Å². The summed E-state index contributed by atoms with van der Waals surface area (Å²) >= 11 is 0. The van der Waals surface area contributed by atoms with Crippen molar-refractivity contribution in [3.63, 3.8) is 0 Å². The van der Waals surface area contributed by atoms with Gasteiger partial charge < -0.3 is 14.2 Å². The molecule has 1 aliphatic heterocycles. The molecule has 0 amide bonds. The zero-order valence-electron chi connectivity index (χ0n) is 12.8. The molecule has 0 aliphatic carbocycles. The molecular formula is C16H26O5. The van der Waals surface area contributed by atoms with Crippen LogP contribution in [0.2, 0.25) is 0 Å². The average Bonchev–Trinajstić information content (AvgIpc) is 3.33. The van der Waals surface area contributed by atoms with Crippen LogP contribution in [0.5, 0.6) is 0 Å². The highest BCUT2D eigenvalue weighted by Gasteiger charge is 2.23.